The summed E-state index contributed by atoms with van der Waals surface area (Å²) in [6.07, 6.45) is 3.09. The summed E-state index contributed by atoms with van der Waals surface area (Å²) in [7, 11) is 0. The van der Waals surface area contributed by atoms with Gasteiger partial charge in [-0.05, 0) is 84.1 Å². The first-order valence-corrected chi connectivity index (χ1v) is 17.0. The van der Waals surface area contributed by atoms with Gasteiger partial charge >= 0.3 is 0 Å². The molecule has 1 aliphatic rings. The molecule has 264 valence electrons. The Hall–Kier alpha value is -5.42. The van der Waals surface area contributed by atoms with Crippen LogP contribution in [0.2, 0.25) is 0 Å². The van der Waals surface area contributed by atoms with Gasteiger partial charge in [-0.2, -0.15) is 19.6 Å². The molecule has 2 aromatic heterocycles. The van der Waals surface area contributed by atoms with E-state index in [4.69, 9.17) is 34.6 Å². The van der Waals surface area contributed by atoms with Crippen molar-refractivity contribution in [2.75, 3.05) is 26.2 Å². The Balaban J connectivity index is 1.08. The maximum Gasteiger partial charge on any atom is 0.220 e. The van der Waals surface area contributed by atoms with Crippen LogP contribution in [0.15, 0.2) is 107 Å². The van der Waals surface area contributed by atoms with E-state index in [1.54, 1.807) is 70.3 Å². The van der Waals surface area contributed by atoms with Gasteiger partial charge < -0.3 is 0 Å². The lowest BCUT2D eigenvalue weighted by molar-refractivity contribution is 0.0793. The second-order valence-electron chi connectivity index (χ2n) is 12.0. The summed E-state index contributed by atoms with van der Waals surface area (Å²) in [6, 6.07) is 23.8. The van der Waals surface area contributed by atoms with Gasteiger partial charge in [-0.15, -0.1) is 10.2 Å². The molecule has 6 aromatic rings. The number of nitrogens with zero attached hydrogens (tertiary/aromatic N) is 10. The van der Waals surface area contributed by atoms with Crippen molar-refractivity contribution in [3.05, 3.63) is 141 Å². The number of piperazine rings is 1. The molecular weight excluding hydrogens is 713 g/mol. The lowest BCUT2D eigenvalue weighted by Crippen LogP contribution is -2.47. The van der Waals surface area contributed by atoms with Crippen LogP contribution in [0.3, 0.4) is 0 Å². The average molecular weight is 743 g/mol. The van der Waals surface area contributed by atoms with Crippen LogP contribution in [-0.4, -0.2) is 77.3 Å². The zero-order valence-electron chi connectivity index (χ0n) is 27.4. The van der Waals surface area contributed by atoms with Crippen molar-refractivity contribution in [3.63, 3.8) is 0 Å². The van der Waals surface area contributed by atoms with Gasteiger partial charge in [0.25, 0.3) is 0 Å². The van der Waals surface area contributed by atoms with Crippen LogP contribution >= 0.6 is 24.4 Å². The van der Waals surface area contributed by atoms with Crippen LogP contribution < -0.4 is 0 Å². The molecule has 0 bridgehead atoms. The van der Waals surface area contributed by atoms with Gasteiger partial charge in [-0.3, -0.25) is 9.80 Å². The number of benzene rings is 4. The molecular formula is C36H30F4N10S2. The summed E-state index contributed by atoms with van der Waals surface area (Å²) in [4.78, 5) is 4.37. The van der Waals surface area contributed by atoms with Crippen LogP contribution in [-0.2, 0) is 13.3 Å². The first kappa shape index (κ1) is 35.0. The van der Waals surface area contributed by atoms with E-state index < -0.39 is 11.6 Å². The number of halogens is 4. The first-order chi connectivity index (χ1) is 25.2. The lowest BCUT2D eigenvalue weighted by atomic mass is 10.2. The third kappa shape index (κ3) is 8.05. The Bertz CT molecular complexity index is 2200. The molecule has 0 amide bonds. The molecule has 0 saturated carbocycles. The molecule has 1 fully saturated rings. The minimum absolute atomic E-state index is 0.308. The van der Waals surface area contributed by atoms with Crippen LogP contribution in [0.1, 0.15) is 11.1 Å². The van der Waals surface area contributed by atoms with Gasteiger partial charge in [0.1, 0.15) is 23.3 Å². The normalized spacial score (nSPS) is 14.2. The Morgan fingerprint density at radius 2 is 0.923 bits per heavy atom. The lowest BCUT2D eigenvalue weighted by Gasteiger charge is -2.34. The average Bonchev–Trinajstić information content (AvgIpc) is 3.62. The highest BCUT2D eigenvalue weighted by Gasteiger charge is 2.22. The fourth-order valence-electron chi connectivity index (χ4n) is 5.60. The summed E-state index contributed by atoms with van der Waals surface area (Å²) in [5, 5.41) is 18.5. The van der Waals surface area contributed by atoms with Crippen molar-refractivity contribution in [3.8, 4) is 22.8 Å². The second-order valence-corrected chi connectivity index (χ2v) is 12.7. The Kier molecular flexibility index (Phi) is 10.4. The van der Waals surface area contributed by atoms with Gasteiger partial charge in [0.15, 0.2) is 11.6 Å². The summed E-state index contributed by atoms with van der Waals surface area (Å²) in [5.74, 6) is -0.834. The van der Waals surface area contributed by atoms with E-state index in [-0.39, 0.29) is 11.6 Å². The molecule has 16 heteroatoms. The monoisotopic (exact) mass is 742 g/mol. The van der Waals surface area contributed by atoms with Crippen molar-refractivity contribution in [1.29, 1.82) is 0 Å². The standard InChI is InChI=1S/C36H30F4N10S2/c37-29-11-7-25(8-12-29)21-41-49-33(27-3-1-5-31(39)19-27)43-47(35(49)51)23-45-15-17-46(18-16-45)24-48-36(52)50(42-22-26-9-13-30(38)14-10-26)34(44-48)28-4-2-6-32(40)20-28/h1-14,19-22H,15-18,23-24H2/b41-21+,42-22+. The molecule has 0 spiro atoms. The maximum atomic E-state index is 14.2. The van der Waals surface area contributed by atoms with Crippen LogP contribution in [0, 0.1) is 32.8 Å². The molecule has 10 nitrogen and oxygen atoms in total. The van der Waals surface area contributed by atoms with Crippen molar-refractivity contribution >= 4 is 36.9 Å². The highest BCUT2D eigenvalue weighted by molar-refractivity contribution is 7.71. The van der Waals surface area contributed by atoms with Crippen molar-refractivity contribution in [2.24, 2.45) is 10.2 Å². The SMILES string of the molecule is Fc1ccc(/C=N/n2c(-c3cccc(F)c3)nn(CN3CCN(Cn4nc(-c5cccc(F)c5)n(/N=C/c5ccc(F)cc5)c4=S)CC3)c2=S)cc1. The van der Waals surface area contributed by atoms with E-state index in [9.17, 15) is 17.6 Å². The summed E-state index contributed by atoms with van der Waals surface area (Å²) in [5.41, 5.74) is 2.32. The largest absolute Gasteiger partial charge is 0.282 e. The molecule has 0 aliphatic carbocycles. The molecule has 52 heavy (non-hydrogen) atoms. The quantitative estimate of drug-likeness (QED) is 0.0853. The summed E-state index contributed by atoms with van der Waals surface area (Å²) >= 11 is 11.6. The van der Waals surface area contributed by atoms with E-state index >= 15 is 0 Å². The Morgan fingerprint density at radius 3 is 1.29 bits per heavy atom. The smallest absolute Gasteiger partial charge is 0.220 e. The Morgan fingerprint density at radius 1 is 0.538 bits per heavy atom. The van der Waals surface area contributed by atoms with Gasteiger partial charge in [-0.25, -0.2) is 26.9 Å². The zero-order valence-corrected chi connectivity index (χ0v) is 29.1. The molecule has 0 atom stereocenters. The molecule has 3 heterocycles. The third-order valence-electron chi connectivity index (χ3n) is 8.32. The number of aromatic nitrogens is 6. The fraction of sp³-hybridized carbons (Fsp3) is 0.167. The topological polar surface area (TPSA) is 76.7 Å². The first-order valence-electron chi connectivity index (χ1n) is 16.2. The molecule has 1 saturated heterocycles. The highest BCUT2D eigenvalue weighted by Crippen LogP contribution is 2.22. The zero-order chi connectivity index (χ0) is 36.2. The number of rotatable bonds is 10. The van der Waals surface area contributed by atoms with E-state index in [0.717, 1.165) is 0 Å². The van der Waals surface area contributed by atoms with E-state index in [0.29, 0.717) is 83.0 Å². The number of hydrogen-bond acceptors (Lipinski definition) is 8. The number of hydrogen-bond donors (Lipinski definition) is 0. The van der Waals surface area contributed by atoms with Gasteiger partial charge in [-0.1, -0.05) is 48.5 Å². The van der Waals surface area contributed by atoms with Gasteiger partial charge in [0.2, 0.25) is 9.54 Å². The van der Waals surface area contributed by atoms with Gasteiger partial charge in [0.05, 0.1) is 25.8 Å². The molecule has 0 radical (unpaired) electrons. The third-order valence-corrected chi connectivity index (χ3v) is 9.09. The minimum Gasteiger partial charge on any atom is -0.282 e. The van der Waals surface area contributed by atoms with Crippen LogP contribution in [0.4, 0.5) is 17.6 Å². The predicted octanol–water partition coefficient (Wildman–Crippen LogP) is 7.03. The Labute approximate surface area is 305 Å². The van der Waals surface area contributed by atoms with Crippen LogP contribution in [0.25, 0.3) is 22.8 Å². The van der Waals surface area contributed by atoms with Crippen molar-refractivity contribution in [1.82, 2.24) is 38.7 Å². The van der Waals surface area contributed by atoms with Crippen LogP contribution in [0.5, 0.6) is 0 Å². The van der Waals surface area contributed by atoms with E-state index in [1.807, 2.05) is 0 Å². The molecule has 4 aromatic carbocycles. The second kappa shape index (κ2) is 15.4. The molecule has 0 N–H and O–H groups in total. The van der Waals surface area contributed by atoms with Crippen molar-refractivity contribution < 1.29 is 17.6 Å². The minimum atomic E-state index is -0.421. The fourth-order valence-corrected chi connectivity index (χ4v) is 6.07. The van der Waals surface area contributed by atoms with Gasteiger partial charge in [0, 0.05) is 37.3 Å². The van der Waals surface area contributed by atoms with E-state index in [2.05, 4.69) is 20.0 Å². The van der Waals surface area contributed by atoms with Crippen molar-refractivity contribution in [2.45, 2.75) is 13.3 Å². The molecule has 7 rings (SSSR count). The highest BCUT2D eigenvalue weighted by atomic mass is 32.1. The summed E-state index contributed by atoms with van der Waals surface area (Å²) < 4.78 is 62.2. The predicted molar refractivity (Wildman–Crippen MR) is 195 cm³/mol. The maximum absolute atomic E-state index is 14.2. The molecule has 0 unspecified atom stereocenters. The van der Waals surface area contributed by atoms with E-state index in [1.165, 1.54) is 57.9 Å². The summed E-state index contributed by atoms with van der Waals surface area (Å²) in [6.45, 7) is 3.38. The molecule has 1 aliphatic heterocycles.